The molecule has 2 bridgehead atoms. The molecule has 0 spiro atoms. The van der Waals surface area contributed by atoms with Crippen LogP contribution in [0.25, 0.3) is 22.6 Å². The van der Waals surface area contributed by atoms with Gasteiger partial charge in [-0.1, -0.05) is 35.1 Å². The first-order valence-electron chi connectivity index (χ1n) is 15.3. The second-order valence-corrected chi connectivity index (χ2v) is 12.0. The number of carbonyl (C=O) groups is 2. The molecule has 1 aliphatic carbocycles. The van der Waals surface area contributed by atoms with E-state index in [0.29, 0.717) is 46.1 Å². The van der Waals surface area contributed by atoms with Crippen molar-refractivity contribution in [3.63, 3.8) is 0 Å². The molecule has 2 aliphatic heterocycles. The van der Waals surface area contributed by atoms with E-state index in [1.54, 1.807) is 36.5 Å². The highest BCUT2D eigenvalue weighted by Gasteiger charge is 2.46. The molecule has 8 rings (SSSR count). The van der Waals surface area contributed by atoms with E-state index in [-0.39, 0.29) is 41.3 Å². The van der Waals surface area contributed by atoms with Gasteiger partial charge < -0.3 is 14.6 Å². The Morgan fingerprint density at radius 2 is 1.74 bits per heavy atom. The molecular formula is C32H29F2N9O3. The number of amides is 2. The van der Waals surface area contributed by atoms with E-state index in [1.165, 1.54) is 0 Å². The maximum absolute atomic E-state index is 14.0. The summed E-state index contributed by atoms with van der Waals surface area (Å²) >= 11 is 0. The molecule has 2 saturated heterocycles. The van der Waals surface area contributed by atoms with Crippen molar-refractivity contribution in [2.45, 2.75) is 50.4 Å². The van der Waals surface area contributed by atoms with E-state index in [4.69, 9.17) is 4.42 Å². The number of alkyl halides is 2. The molecule has 2 amide bonds. The van der Waals surface area contributed by atoms with Crippen LogP contribution in [-0.2, 0) is 4.79 Å². The van der Waals surface area contributed by atoms with Crippen molar-refractivity contribution >= 4 is 28.6 Å². The number of aromatic nitrogens is 6. The van der Waals surface area contributed by atoms with Crippen LogP contribution < -0.4 is 5.32 Å². The Bertz CT molecular complexity index is 1910. The van der Waals surface area contributed by atoms with Crippen molar-refractivity contribution in [1.29, 1.82) is 0 Å². The fourth-order valence-corrected chi connectivity index (χ4v) is 6.60. The second kappa shape index (κ2) is 11.4. The molecule has 2 aromatic carbocycles. The van der Waals surface area contributed by atoms with Crippen LogP contribution in [0.3, 0.4) is 0 Å². The quantitative estimate of drug-likeness (QED) is 0.260. The van der Waals surface area contributed by atoms with Gasteiger partial charge in [-0.05, 0) is 66.8 Å². The van der Waals surface area contributed by atoms with Crippen molar-refractivity contribution in [1.82, 2.24) is 40.0 Å². The van der Waals surface area contributed by atoms with E-state index >= 15 is 0 Å². The number of pyridine rings is 1. The lowest BCUT2D eigenvalue weighted by Gasteiger charge is -2.43. The zero-order valence-electron chi connectivity index (χ0n) is 24.5. The second-order valence-electron chi connectivity index (χ2n) is 12.0. The van der Waals surface area contributed by atoms with Gasteiger partial charge in [0.25, 0.3) is 5.91 Å². The van der Waals surface area contributed by atoms with Crippen LogP contribution in [0.1, 0.15) is 60.2 Å². The highest BCUT2D eigenvalue weighted by atomic mass is 19.3. The summed E-state index contributed by atoms with van der Waals surface area (Å²) in [6, 6.07) is 17.5. The number of anilines is 1. The van der Waals surface area contributed by atoms with Gasteiger partial charge in [-0.25, -0.2) is 4.98 Å². The number of carbonyl (C=O) groups excluding carboxylic acids is 2. The maximum atomic E-state index is 14.0. The zero-order valence-corrected chi connectivity index (χ0v) is 24.5. The fourth-order valence-electron chi connectivity index (χ4n) is 6.60. The summed E-state index contributed by atoms with van der Waals surface area (Å²) < 4.78 is 32.6. The highest BCUT2D eigenvalue weighted by Crippen LogP contribution is 2.38. The topological polar surface area (TPSA) is 135 Å². The first-order chi connectivity index (χ1) is 22.4. The van der Waals surface area contributed by atoms with Gasteiger partial charge >= 0.3 is 6.55 Å². The Morgan fingerprint density at radius 3 is 2.46 bits per heavy atom. The van der Waals surface area contributed by atoms with Crippen LogP contribution >= 0.6 is 0 Å². The smallest absolute Gasteiger partial charge is 0.350 e. The molecule has 5 heterocycles. The molecule has 1 saturated carbocycles. The predicted octanol–water partition coefficient (Wildman–Crippen LogP) is 4.70. The number of nitrogens with one attached hydrogen (secondary N) is 1. The van der Waals surface area contributed by atoms with Crippen molar-refractivity contribution in [3.05, 3.63) is 83.9 Å². The van der Waals surface area contributed by atoms with Gasteiger partial charge in [0.05, 0.1) is 6.04 Å². The first-order valence-corrected chi connectivity index (χ1v) is 15.3. The standard InChI is InChI=1S/C32H29F2N9O3/c33-32(34)43-39-28(38-40-43)27(18-4-2-1-3-5-18)41-16-22-9-10-23(17-41)42(22)31(45)25-14-20(12-13-35-25)30-37-24-15-21(8-11-26(24)46-30)36-29(44)19-6-7-19/h1-5,8,11-15,19,22-23,27,32H,6-7,9-10,16-17H2,(H,36,44)/t22?,23?,27-/m1/s1. The van der Waals surface area contributed by atoms with E-state index in [1.807, 2.05) is 35.2 Å². The van der Waals surface area contributed by atoms with Gasteiger partial charge in [-0.2, -0.15) is 8.78 Å². The maximum Gasteiger partial charge on any atom is 0.350 e. The fraction of sp³-hybridized carbons (Fsp3) is 0.344. The number of likely N-dealkylation sites (tertiary alicyclic amines) is 1. The largest absolute Gasteiger partial charge is 0.436 e. The molecule has 234 valence electrons. The Hall–Kier alpha value is -5.11. The van der Waals surface area contributed by atoms with Crippen molar-refractivity contribution in [2.24, 2.45) is 5.92 Å². The normalized spacial score (nSPS) is 20.4. The summed E-state index contributed by atoms with van der Waals surface area (Å²) in [4.78, 5) is 39.5. The summed E-state index contributed by atoms with van der Waals surface area (Å²) in [7, 11) is 0. The lowest BCUT2D eigenvalue weighted by atomic mass is 10.0. The summed E-state index contributed by atoms with van der Waals surface area (Å²) in [5.41, 5.74) is 3.58. The molecule has 46 heavy (non-hydrogen) atoms. The molecule has 3 aromatic heterocycles. The van der Waals surface area contributed by atoms with Crippen molar-refractivity contribution in [2.75, 3.05) is 18.4 Å². The average molecular weight is 626 g/mol. The number of oxazole rings is 1. The number of halogens is 2. The Balaban J connectivity index is 1.02. The van der Waals surface area contributed by atoms with Crippen LogP contribution in [0.15, 0.2) is 71.3 Å². The highest BCUT2D eigenvalue weighted by molar-refractivity contribution is 5.96. The SMILES string of the molecule is O=C(Nc1ccc2oc(-c3ccnc(C(=O)N4C5CCC4CN([C@H](c4ccccc4)c4nnn(C(F)F)n4)C5)c3)nc2c1)C1CC1. The molecule has 12 nitrogen and oxygen atoms in total. The number of rotatable bonds is 8. The summed E-state index contributed by atoms with van der Waals surface area (Å²) in [6.07, 6.45) is 5.01. The third kappa shape index (κ3) is 5.27. The van der Waals surface area contributed by atoms with E-state index < -0.39 is 12.6 Å². The van der Waals surface area contributed by atoms with Gasteiger partial charge in [0, 0.05) is 48.5 Å². The molecule has 5 aromatic rings. The van der Waals surface area contributed by atoms with Crippen LogP contribution in [0.4, 0.5) is 14.5 Å². The summed E-state index contributed by atoms with van der Waals surface area (Å²) in [5.74, 6) is 0.456. The third-order valence-electron chi connectivity index (χ3n) is 8.92. The number of hydrogen-bond acceptors (Lipinski definition) is 9. The van der Waals surface area contributed by atoms with Gasteiger partial charge in [0.1, 0.15) is 11.2 Å². The minimum Gasteiger partial charge on any atom is -0.436 e. The summed E-state index contributed by atoms with van der Waals surface area (Å²) in [6.45, 7) is -1.87. The van der Waals surface area contributed by atoms with E-state index in [2.05, 4.69) is 35.6 Å². The van der Waals surface area contributed by atoms with Gasteiger partial charge in [-0.3, -0.25) is 19.5 Å². The lowest BCUT2D eigenvalue weighted by Crippen LogP contribution is -2.56. The molecule has 1 N–H and O–H groups in total. The average Bonchev–Trinajstić information content (AvgIpc) is 3.56. The predicted molar refractivity (Wildman–Crippen MR) is 161 cm³/mol. The molecule has 14 heteroatoms. The molecule has 2 unspecified atom stereocenters. The van der Waals surface area contributed by atoms with E-state index in [0.717, 1.165) is 31.2 Å². The molecule has 3 aliphatic rings. The van der Waals surface area contributed by atoms with Crippen LogP contribution in [0.5, 0.6) is 0 Å². The van der Waals surface area contributed by atoms with Crippen LogP contribution in [0.2, 0.25) is 0 Å². The van der Waals surface area contributed by atoms with E-state index in [9.17, 15) is 18.4 Å². The number of tetrazole rings is 1. The number of benzene rings is 2. The van der Waals surface area contributed by atoms with Crippen LogP contribution in [0, 0.1) is 5.92 Å². The molecule has 3 fully saturated rings. The molecule has 3 atom stereocenters. The van der Waals surface area contributed by atoms with Crippen molar-refractivity contribution < 1.29 is 22.8 Å². The minimum atomic E-state index is -2.89. The third-order valence-corrected chi connectivity index (χ3v) is 8.92. The Kier molecular flexibility index (Phi) is 7.00. The van der Waals surface area contributed by atoms with Crippen LogP contribution in [-0.4, -0.2) is 77.0 Å². The van der Waals surface area contributed by atoms with Gasteiger partial charge in [0.15, 0.2) is 11.4 Å². The summed E-state index contributed by atoms with van der Waals surface area (Å²) in [5, 5.41) is 14.5. The Labute approximate surface area is 261 Å². The molecular weight excluding hydrogens is 596 g/mol. The number of fused-ring (bicyclic) bond motifs is 3. The van der Waals surface area contributed by atoms with Gasteiger partial charge in [-0.15, -0.1) is 10.2 Å². The number of nitrogens with zero attached hydrogens (tertiary/aromatic N) is 8. The first kappa shape index (κ1) is 28.4. The van der Waals surface area contributed by atoms with Crippen molar-refractivity contribution in [3.8, 4) is 11.5 Å². The lowest BCUT2D eigenvalue weighted by molar-refractivity contribution is -0.117. The minimum absolute atomic E-state index is 0.0157. The number of piperazine rings is 1. The Morgan fingerprint density at radius 1 is 0.957 bits per heavy atom. The number of hydrogen-bond donors (Lipinski definition) is 1. The monoisotopic (exact) mass is 625 g/mol. The zero-order chi connectivity index (χ0) is 31.4. The van der Waals surface area contributed by atoms with Gasteiger partial charge in [0.2, 0.25) is 11.8 Å². The molecule has 0 radical (unpaired) electrons.